The first-order chi connectivity index (χ1) is 7.95. The van der Waals surface area contributed by atoms with Gasteiger partial charge in [0.2, 0.25) is 0 Å². The number of nitrogen functional groups attached to an aromatic ring is 1. The highest BCUT2D eigenvalue weighted by molar-refractivity contribution is 5.99. The largest absolute Gasteiger partial charge is 0.398 e. The summed E-state index contributed by atoms with van der Waals surface area (Å²) in [7, 11) is 0. The van der Waals surface area contributed by atoms with Gasteiger partial charge < -0.3 is 16.2 Å². The molecule has 4 N–H and O–H groups in total. The van der Waals surface area contributed by atoms with E-state index < -0.39 is 0 Å². The van der Waals surface area contributed by atoms with Crippen molar-refractivity contribution in [3.8, 4) is 0 Å². The number of ketones is 1. The van der Waals surface area contributed by atoms with Crippen LogP contribution in [0.4, 0.5) is 11.4 Å². The van der Waals surface area contributed by atoms with Crippen LogP contribution < -0.4 is 11.1 Å². The van der Waals surface area contributed by atoms with Crippen molar-refractivity contribution < 1.29 is 9.90 Å². The van der Waals surface area contributed by atoms with E-state index in [2.05, 4.69) is 5.32 Å². The molecule has 1 unspecified atom stereocenters. The van der Waals surface area contributed by atoms with Crippen molar-refractivity contribution in [2.75, 3.05) is 17.7 Å². The molecule has 0 aliphatic heterocycles. The van der Waals surface area contributed by atoms with Gasteiger partial charge in [0, 0.05) is 16.9 Å². The number of benzene rings is 1. The van der Waals surface area contributed by atoms with Gasteiger partial charge in [0.05, 0.1) is 12.6 Å². The average molecular weight is 236 g/mol. The lowest BCUT2D eigenvalue weighted by molar-refractivity contribution is 0.101. The predicted molar refractivity (Wildman–Crippen MR) is 70.2 cm³/mol. The van der Waals surface area contributed by atoms with E-state index in [0.717, 1.165) is 5.69 Å². The highest BCUT2D eigenvalue weighted by Gasteiger charge is 2.12. The van der Waals surface area contributed by atoms with Crippen molar-refractivity contribution in [3.63, 3.8) is 0 Å². The minimum atomic E-state index is -0.0448. The summed E-state index contributed by atoms with van der Waals surface area (Å²) in [6, 6.07) is 5.21. The summed E-state index contributed by atoms with van der Waals surface area (Å²) in [5.74, 6) is 0.269. The highest BCUT2D eigenvalue weighted by atomic mass is 16.3. The Kier molecular flexibility index (Phi) is 4.52. The van der Waals surface area contributed by atoms with Crippen molar-refractivity contribution in [2.24, 2.45) is 5.92 Å². The molecule has 0 fully saturated rings. The van der Waals surface area contributed by atoms with E-state index in [1.54, 1.807) is 18.2 Å². The molecule has 0 amide bonds. The summed E-state index contributed by atoms with van der Waals surface area (Å²) in [4.78, 5) is 11.2. The van der Waals surface area contributed by atoms with Crippen LogP contribution in [0.5, 0.6) is 0 Å². The molecule has 0 aromatic heterocycles. The molecule has 0 spiro atoms. The van der Waals surface area contributed by atoms with E-state index in [4.69, 9.17) is 5.73 Å². The Labute approximate surface area is 102 Å². The van der Waals surface area contributed by atoms with Crippen molar-refractivity contribution in [1.29, 1.82) is 0 Å². The smallest absolute Gasteiger partial charge is 0.161 e. The SMILES string of the molecule is CC(=O)c1ccc(NC(CO)C(C)C)cc1N. The Morgan fingerprint density at radius 3 is 2.53 bits per heavy atom. The fraction of sp³-hybridized carbons (Fsp3) is 0.462. The zero-order valence-corrected chi connectivity index (χ0v) is 10.5. The first kappa shape index (κ1) is 13.5. The highest BCUT2D eigenvalue weighted by Crippen LogP contribution is 2.20. The van der Waals surface area contributed by atoms with E-state index in [1.807, 2.05) is 13.8 Å². The molecule has 1 aromatic rings. The van der Waals surface area contributed by atoms with Gasteiger partial charge in [-0.15, -0.1) is 0 Å². The van der Waals surface area contributed by atoms with Gasteiger partial charge in [0.1, 0.15) is 0 Å². The molecule has 0 bridgehead atoms. The molecular weight excluding hydrogens is 216 g/mol. The minimum Gasteiger partial charge on any atom is -0.398 e. The quantitative estimate of drug-likeness (QED) is 0.539. The fourth-order valence-corrected chi connectivity index (χ4v) is 1.61. The van der Waals surface area contributed by atoms with Crippen LogP contribution in [0.25, 0.3) is 0 Å². The lowest BCUT2D eigenvalue weighted by atomic mass is 10.0. The number of hydrogen-bond donors (Lipinski definition) is 3. The number of aliphatic hydroxyl groups is 1. The molecule has 0 saturated heterocycles. The summed E-state index contributed by atoms with van der Waals surface area (Å²) in [6.45, 7) is 5.61. The van der Waals surface area contributed by atoms with E-state index in [1.165, 1.54) is 6.92 Å². The molecule has 94 valence electrons. The number of hydrogen-bond acceptors (Lipinski definition) is 4. The Bertz CT molecular complexity index is 402. The monoisotopic (exact) mass is 236 g/mol. The number of nitrogens with two attached hydrogens (primary N) is 1. The van der Waals surface area contributed by atoms with Gasteiger partial charge in [-0.1, -0.05) is 13.8 Å². The Hall–Kier alpha value is -1.55. The maximum Gasteiger partial charge on any atom is 0.161 e. The summed E-state index contributed by atoms with van der Waals surface area (Å²) in [5.41, 5.74) is 7.60. The zero-order chi connectivity index (χ0) is 13.0. The first-order valence-corrected chi connectivity index (χ1v) is 5.73. The second-order valence-corrected chi connectivity index (χ2v) is 4.54. The molecule has 0 aliphatic rings. The Balaban J connectivity index is 2.87. The van der Waals surface area contributed by atoms with E-state index in [9.17, 15) is 9.90 Å². The molecular formula is C13H20N2O2. The number of rotatable bonds is 5. The molecule has 1 aromatic carbocycles. The zero-order valence-electron chi connectivity index (χ0n) is 10.5. The third-order valence-electron chi connectivity index (χ3n) is 2.78. The molecule has 0 heterocycles. The van der Waals surface area contributed by atoms with Gasteiger partial charge in [-0.25, -0.2) is 0 Å². The van der Waals surface area contributed by atoms with Gasteiger partial charge in [-0.3, -0.25) is 4.79 Å². The summed E-state index contributed by atoms with van der Waals surface area (Å²) in [6.07, 6.45) is 0. The number of nitrogens with one attached hydrogen (secondary N) is 1. The molecule has 1 rings (SSSR count). The fourth-order valence-electron chi connectivity index (χ4n) is 1.61. The van der Waals surface area contributed by atoms with E-state index in [0.29, 0.717) is 17.2 Å². The number of anilines is 2. The van der Waals surface area contributed by atoms with Gasteiger partial charge in [0.15, 0.2) is 5.78 Å². The number of Topliss-reactive ketones (excluding diaryl/α,β-unsaturated/α-hetero) is 1. The lowest BCUT2D eigenvalue weighted by Gasteiger charge is -2.21. The minimum absolute atomic E-state index is 0.0161. The van der Waals surface area contributed by atoms with Crippen LogP contribution in [0, 0.1) is 5.92 Å². The first-order valence-electron chi connectivity index (χ1n) is 5.73. The number of carbonyl (C=O) groups excluding carboxylic acids is 1. The maximum atomic E-state index is 11.2. The molecule has 4 heteroatoms. The Morgan fingerprint density at radius 1 is 1.47 bits per heavy atom. The van der Waals surface area contributed by atoms with Gasteiger partial charge in [-0.2, -0.15) is 0 Å². The molecule has 0 radical (unpaired) electrons. The third kappa shape index (κ3) is 3.46. The van der Waals surface area contributed by atoms with Gasteiger partial charge >= 0.3 is 0 Å². The van der Waals surface area contributed by atoms with Crippen LogP contribution in [0.1, 0.15) is 31.1 Å². The van der Waals surface area contributed by atoms with Crippen LogP contribution in [0.15, 0.2) is 18.2 Å². The van der Waals surface area contributed by atoms with Crippen molar-refractivity contribution in [1.82, 2.24) is 0 Å². The Morgan fingerprint density at radius 2 is 2.12 bits per heavy atom. The maximum absolute atomic E-state index is 11.2. The van der Waals surface area contributed by atoms with Crippen LogP contribution in [-0.4, -0.2) is 23.5 Å². The van der Waals surface area contributed by atoms with Crippen LogP contribution in [-0.2, 0) is 0 Å². The normalized spacial score (nSPS) is 12.5. The van der Waals surface area contributed by atoms with Crippen LogP contribution >= 0.6 is 0 Å². The second-order valence-electron chi connectivity index (χ2n) is 4.54. The second kappa shape index (κ2) is 5.68. The standard InChI is InChI=1S/C13H20N2O2/c1-8(2)13(7-16)15-10-4-5-11(9(3)17)12(14)6-10/h4-6,8,13,15-16H,7,14H2,1-3H3. The van der Waals surface area contributed by atoms with Crippen LogP contribution in [0.2, 0.25) is 0 Å². The summed E-state index contributed by atoms with van der Waals surface area (Å²) >= 11 is 0. The molecule has 0 aliphatic carbocycles. The van der Waals surface area contributed by atoms with Crippen molar-refractivity contribution in [3.05, 3.63) is 23.8 Å². The molecule has 0 saturated carbocycles. The summed E-state index contributed by atoms with van der Waals surface area (Å²) < 4.78 is 0. The van der Waals surface area contributed by atoms with E-state index >= 15 is 0 Å². The molecule has 4 nitrogen and oxygen atoms in total. The van der Waals surface area contributed by atoms with Gasteiger partial charge in [0.25, 0.3) is 0 Å². The number of aliphatic hydroxyl groups excluding tert-OH is 1. The van der Waals surface area contributed by atoms with Crippen molar-refractivity contribution in [2.45, 2.75) is 26.8 Å². The van der Waals surface area contributed by atoms with Gasteiger partial charge in [-0.05, 0) is 31.0 Å². The summed E-state index contributed by atoms with van der Waals surface area (Å²) in [5, 5.41) is 12.4. The molecule has 17 heavy (non-hydrogen) atoms. The van der Waals surface area contributed by atoms with Crippen LogP contribution in [0.3, 0.4) is 0 Å². The topological polar surface area (TPSA) is 75.3 Å². The third-order valence-corrected chi connectivity index (χ3v) is 2.78. The molecule has 1 atom stereocenters. The lowest BCUT2D eigenvalue weighted by Crippen LogP contribution is -2.29. The predicted octanol–water partition coefficient (Wildman–Crippen LogP) is 1.90. The average Bonchev–Trinajstić information content (AvgIpc) is 2.24. The van der Waals surface area contributed by atoms with E-state index in [-0.39, 0.29) is 18.4 Å². The van der Waals surface area contributed by atoms with Crippen molar-refractivity contribution >= 4 is 17.2 Å². The number of carbonyl (C=O) groups is 1.